The Kier molecular flexibility index (Phi) is 5.92. The zero-order chi connectivity index (χ0) is 25.4. The van der Waals surface area contributed by atoms with Gasteiger partial charge in [-0.3, -0.25) is 4.79 Å². The van der Waals surface area contributed by atoms with Crippen molar-refractivity contribution in [1.82, 2.24) is 0 Å². The normalized spacial score (nSPS) is 21.0. The van der Waals surface area contributed by atoms with Crippen LogP contribution in [0.5, 0.6) is 11.5 Å². The zero-order valence-corrected chi connectivity index (χ0v) is 20.4. The molecule has 5 rings (SSSR count). The number of benzene rings is 3. The summed E-state index contributed by atoms with van der Waals surface area (Å²) in [6, 6.07) is 22.8. The highest BCUT2D eigenvalue weighted by atomic mass is 35.5. The predicted molar refractivity (Wildman–Crippen MR) is 137 cm³/mol. The molecule has 7 heteroatoms. The number of hydrogen-bond acceptors (Lipinski definition) is 6. The van der Waals surface area contributed by atoms with Crippen LogP contribution in [0.15, 0.2) is 72.8 Å². The van der Waals surface area contributed by atoms with Gasteiger partial charge in [-0.25, -0.2) is 0 Å². The van der Waals surface area contributed by atoms with Crippen LogP contribution >= 0.6 is 11.6 Å². The summed E-state index contributed by atoms with van der Waals surface area (Å²) in [6.07, 6.45) is 3.78. The number of methoxy groups -OCH3 is 2. The van der Waals surface area contributed by atoms with E-state index in [1.807, 2.05) is 41.3 Å². The van der Waals surface area contributed by atoms with Crippen molar-refractivity contribution in [3.8, 4) is 23.6 Å². The third-order valence-corrected chi connectivity index (χ3v) is 7.33. The highest BCUT2D eigenvalue weighted by molar-refractivity contribution is 6.30. The highest BCUT2D eigenvalue weighted by Crippen LogP contribution is 2.56. The monoisotopic (exact) mass is 495 g/mol. The number of nitriles is 2. The van der Waals surface area contributed by atoms with Gasteiger partial charge < -0.3 is 14.4 Å². The first-order valence-electron chi connectivity index (χ1n) is 11.4. The standard InChI is InChI=1S/C29H22ClN3O3/c1-35-23-13-9-20(15-24(23)36-2)26-27(28(34)19-7-11-21(30)12-8-19)33-22-6-4-3-5-18(22)10-14-25(33)29(26,16-31)17-32/h3-15,25-27H,1-2H3/t25-,26+,27+/m0/s1. The van der Waals surface area contributed by atoms with Gasteiger partial charge >= 0.3 is 0 Å². The van der Waals surface area contributed by atoms with Crippen molar-refractivity contribution in [3.63, 3.8) is 0 Å². The Bertz CT molecular complexity index is 1440. The fourth-order valence-electron chi connectivity index (χ4n) is 5.44. The van der Waals surface area contributed by atoms with Crippen LogP contribution < -0.4 is 14.4 Å². The largest absolute Gasteiger partial charge is 0.493 e. The van der Waals surface area contributed by atoms with Crippen molar-refractivity contribution in [1.29, 1.82) is 10.5 Å². The number of fused-ring (bicyclic) bond motifs is 3. The number of para-hydroxylation sites is 1. The highest BCUT2D eigenvalue weighted by Gasteiger charge is 2.63. The molecule has 0 spiro atoms. The van der Waals surface area contributed by atoms with Gasteiger partial charge in [0.15, 0.2) is 22.7 Å². The van der Waals surface area contributed by atoms with Gasteiger partial charge in [0, 0.05) is 22.2 Å². The maximum Gasteiger partial charge on any atom is 0.185 e. The molecule has 0 radical (unpaired) electrons. The van der Waals surface area contributed by atoms with Gasteiger partial charge in [0.1, 0.15) is 6.04 Å². The third kappa shape index (κ3) is 3.42. The Morgan fingerprint density at radius 2 is 1.67 bits per heavy atom. The average molecular weight is 496 g/mol. The summed E-state index contributed by atoms with van der Waals surface area (Å²) in [5.74, 6) is -0.00851. The van der Waals surface area contributed by atoms with Crippen molar-refractivity contribution in [2.24, 2.45) is 5.41 Å². The van der Waals surface area contributed by atoms with E-state index in [4.69, 9.17) is 21.1 Å². The summed E-state index contributed by atoms with van der Waals surface area (Å²) in [4.78, 5) is 16.2. The van der Waals surface area contributed by atoms with E-state index in [9.17, 15) is 15.3 Å². The smallest absolute Gasteiger partial charge is 0.185 e. The molecule has 2 aliphatic rings. The SMILES string of the molecule is COc1ccc([C@@H]2[C@H](C(=O)c3ccc(Cl)cc3)N3c4ccccc4C=C[C@H]3C2(C#N)C#N)cc1OC. The molecule has 6 nitrogen and oxygen atoms in total. The Hall–Kier alpha value is -4.26. The van der Waals surface area contributed by atoms with Crippen molar-refractivity contribution in [3.05, 3.63) is 94.5 Å². The first kappa shape index (κ1) is 23.5. The molecule has 1 saturated heterocycles. The van der Waals surface area contributed by atoms with Crippen LogP contribution in [-0.2, 0) is 0 Å². The van der Waals surface area contributed by atoms with Crippen LogP contribution in [0.4, 0.5) is 5.69 Å². The van der Waals surface area contributed by atoms with Crippen LogP contribution in [0.25, 0.3) is 6.08 Å². The molecule has 0 aliphatic carbocycles. The van der Waals surface area contributed by atoms with E-state index < -0.39 is 23.4 Å². The van der Waals surface area contributed by atoms with Gasteiger partial charge in [0.05, 0.1) is 32.4 Å². The lowest BCUT2D eigenvalue weighted by Crippen LogP contribution is -2.44. The molecule has 3 atom stereocenters. The van der Waals surface area contributed by atoms with Crippen LogP contribution in [-0.4, -0.2) is 32.1 Å². The van der Waals surface area contributed by atoms with Crippen LogP contribution in [0.2, 0.25) is 5.02 Å². The summed E-state index contributed by atoms with van der Waals surface area (Å²) < 4.78 is 10.9. The van der Waals surface area contributed by atoms with E-state index in [1.165, 1.54) is 14.2 Å². The van der Waals surface area contributed by atoms with Crippen molar-refractivity contribution >= 4 is 29.1 Å². The molecule has 0 amide bonds. The lowest BCUT2D eigenvalue weighted by atomic mass is 9.69. The van der Waals surface area contributed by atoms with Gasteiger partial charge in [-0.15, -0.1) is 0 Å². The van der Waals surface area contributed by atoms with E-state index in [0.29, 0.717) is 27.6 Å². The average Bonchev–Trinajstić information content (AvgIpc) is 3.23. The third-order valence-electron chi connectivity index (χ3n) is 7.08. The maximum atomic E-state index is 14.2. The molecule has 0 bridgehead atoms. The summed E-state index contributed by atoms with van der Waals surface area (Å²) in [6.45, 7) is 0. The minimum Gasteiger partial charge on any atom is -0.493 e. The second kappa shape index (κ2) is 9.07. The summed E-state index contributed by atoms with van der Waals surface area (Å²) >= 11 is 6.09. The molecular formula is C29H22ClN3O3. The zero-order valence-electron chi connectivity index (χ0n) is 19.7. The molecule has 36 heavy (non-hydrogen) atoms. The molecule has 3 aromatic carbocycles. The molecular weight excluding hydrogens is 474 g/mol. The number of nitrogens with zero attached hydrogens (tertiary/aromatic N) is 3. The number of rotatable bonds is 5. The fourth-order valence-corrected chi connectivity index (χ4v) is 5.57. The first-order chi connectivity index (χ1) is 17.5. The lowest BCUT2D eigenvalue weighted by Gasteiger charge is -2.35. The number of hydrogen-bond donors (Lipinski definition) is 0. The Labute approximate surface area is 214 Å². The number of carbonyl (C=O) groups excluding carboxylic acids is 1. The molecule has 0 saturated carbocycles. The Morgan fingerprint density at radius 3 is 2.33 bits per heavy atom. The molecule has 0 unspecified atom stereocenters. The number of ketones is 1. The second-order valence-electron chi connectivity index (χ2n) is 8.77. The van der Waals surface area contributed by atoms with Crippen LogP contribution in [0.3, 0.4) is 0 Å². The van der Waals surface area contributed by atoms with E-state index in [0.717, 1.165) is 11.3 Å². The van der Waals surface area contributed by atoms with Gasteiger partial charge in [0.25, 0.3) is 0 Å². The number of Topliss-reactive ketones (excluding diaryl/α,β-unsaturated/α-hetero) is 1. The minimum absolute atomic E-state index is 0.200. The molecule has 1 fully saturated rings. The summed E-state index contributed by atoms with van der Waals surface area (Å²) in [7, 11) is 3.06. The van der Waals surface area contributed by atoms with Crippen molar-refractivity contribution in [2.45, 2.75) is 18.0 Å². The Balaban J connectivity index is 1.78. The maximum absolute atomic E-state index is 14.2. The summed E-state index contributed by atoms with van der Waals surface area (Å²) in [5.41, 5.74) is 1.27. The predicted octanol–water partition coefficient (Wildman–Crippen LogP) is 5.64. The number of carbonyl (C=O) groups is 1. The van der Waals surface area contributed by atoms with E-state index in [1.54, 1.807) is 42.5 Å². The Morgan fingerprint density at radius 1 is 0.972 bits per heavy atom. The van der Waals surface area contributed by atoms with Gasteiger partial charge in [-0.2, -0.15) is 10.5 Å². The first-order valence-corrected chi connectivity index (χ1v) is 11.8. The quantitative estimate of drug-likeness (QED) is 0.426. The molecule has 2 aliphatic heterocycles. The molecule has 2 heterocycles. The van der Waals surface area contributed by atoms with E-state index >= 15 is 0 Å². The van der Waals surface area contributed by atoms with E-state index in [2.05, 4.69) is 12.1 Å². The fraction of sp³-hybridized carbons (Fsp3) is 0.207. The van der Waals surface area contributed by atoms with Crippen molar-refractivity contribution in [2.75, 3.05) is 19.1 Å². The van der Waals surface area contributed by atoms with E-state index in [-0.39, 0.29) is 5.78 Å². The molecule has 178 valence electrons. The number of anilines is 1. The second-order valence-corrected chi connectivity index (χ2v) is 9.21. The topological polar surface area (TPSA) is 86.4 Å². The van der Waals surface area contributed by atoms with Gasteiger partial charge in [-0.1, -0.05) is 48.0 Å². The minimum atomic E-state index is -1.55. The molecule has 3 aromatic rings. The van der Waals surface area contributed by atoms with Crippen LogP contribution in [0.1, 0.15) is 27.4 Å². The van der Waals surface area contributed by atoms with Crippen molar-refractivity contribution < 1.29 is 14.3 Å². The molecule has 0 aromatic heterocycles. The van der Waals surface area contributed by atoms with Crippen LogP contribution in [0, 0.1) is 28.1 Å². The summed E-state index contributed by atoms with van der Waals surface area (Å²) in [5, 5.41) is 21.6. The van der Waals surface area contributed by atoms with Gasteiger partial charge in [0.2, 0.25) is 0 Å². The number of halogens is 1. The lowest BCUT2D eigenvalue weighted by molar-refractivity contribution is 0.0951. The molecule has 0 N–H and O–H groups in total. The van der Waals surface area contributed by atoms with Gasteiger partial charge in [-0.05, 0) is 53.6 Å². The number of ether oxygens (including phenoxy) is 2.